The van der Waals surface area contributed by atoms with Crippen LogP contribution in [0.2, 0.25) is 0 Å². The summed E-state index contributed by atoms with van der Waals surface area (Å²) in [6.07, 6.45) is 7.53. The summed E-state index contributed by atoms with van der Waals surface area (Å²) in [5.74, 6) is 0.400. The standard InChI is InChI=1S/C14H21N3O.2ClH/c18-14(13-4-2-7-15-9-6-13)17-10-5-12-3-1-8-16-11-12;;/h1,3,8,11,13,15H,2,4-7,9-10H2,(H,17,18);2*1H. The van der Waals surface area contributed by atoms with Gasteiger partial charge < -0.3 is 10.6 Å². The molecule has 2 N–H and O–H groups in total. The molecular formula is C14H23Cl2N3O. The van der Waals surface area contributed by atoms with Gasteiger partial charge >= 0.3 is 0 Å². The Morgan fingerprint density at radius 3 is 2.95 bits per heavy atom. The molecule has 0 bridgehead atoms. The summed E-state index contributed by atoms with van der Waals surface area (Å²) in [6.45, 7) is 2.70. The summed E-state index contributed by atoms with van der Waals surface area (Å²) in [4.78, 5) is 16.1. The fourth-order valence-corrected chi connectivity index (χ4v) is 2.30. The van der Waals surface area contributed by atoms with Gasteiger partial charge in [-0.2, -0.15) is 0 Å². The van der Waals surface area contributed by atoms with Crippen LogP contribution in [0.5, 0.6) is 0 Å². The molecule has 0 radical (unpaired) electrons. The summed E-state index contributed by atoms with van der Waals surface area (Å²) in [5, 5.41) is 6.36. The molecule has 1 aromatic rings. The van der Waals surface area contributed by atoms with Crippen LogP contribution in [-0.4, -0.2) is 30.5 Å². The van der Waals surface area contributed by atoms with Crippen LogP contribution >= 0.6 is 24.8 Å². The lowest BCUT2D eigenvalue weighted by molar-refractivity contribution is -0.125. The SMILES string of the molecule is Cl.Cl.O=C(NCCc1cccnc1)C1CCCNCC1. The van der Waals surface area contributed by atoms with Crippen LogP contribution in [0.3, 0.4) is 0 Å². The Bertz CT molecular complexity index is 368. The van der Waals surface area contributed by atoms with Crippen molar-refractivity contribution in [3.63, 3.8) is 0 Å². The van der Waals surface area contributed by atoms with Gasteiger partial charge in [0.05, 0.1) is 0 Å². The van der Waals surface area contributed by atoms with E-state index in [0.717, 1.165) is 38.8 Å². The summed E-state index contributed by atoms with van der Waals surface area (Å²) >= 11 is 0. The third-order valence-electron chi connectivity index (χ3n) is 3.38. The van der Waals surface area contributed by atoms with Gasteiger partial charge in [-0.05, 0) is 50.4 Å². The quantitative estimate of drug-likeness (QED) is 0.892. The smallest absolute Gasteiger partial charge is 0.223 e. The molecule has 6 heteroatoms. The van der Waals surface area contributed by atoms with Gasteiger partial charge in [-0.3, -0.25) is 9.78 Å². The number of nitrogens with zero attached hydrogens (tertiary/aromatic N) is 1. The minimum absolute atomic E-state index is 0. The molecule has 1 fully saturated rings. The largest absolute Gasteiger partial charge is 0.356 e. The Morgan fingerprint density at radius 2 is 2.20 bits per heavy atom. The lowest BCUT2D eigenvalue weighted by atomic mass is 10.00. The van der Waals surface area contributed by atoms with Crippen molar-refractivity contribution in [3.05, 3.63) is 30.1 Å². The van der Waals surface area contributed by atoms with Crippen LogP contribution in [0.1, 0.15) is 24.8 Å². The second-order valence-electron chi connectivity index (χ2n) is 4.78. The predicted molar refractivity (Wildman–Crippen MR) is 85.7 cm³/mol. The highest BCUT2D eigenvalue weighted by Gasteiger charge is 2.19. The molecular weight excluding hydrogens is 297 g/mol. The fourth-order valence-electron chi connectivity index (χ4n) is 2.30. The normalized spacial score (nSPS) is 18.1. The van der Waals surface area contributed by atoms with E-state index in [1.165, 1.54) is 5.56 Å². The lowest BCUT2D eigenvalue weighted by Crippen LogP contribution is -2.32. The van der Waals surface area contributed by atoms with Gasteiger partial charge in [0, 0.05) is 24.9 Å². The molecule has 0 saturated carbocycles. The van der Waals surface area contributed by atoms with E-state index >= 15 is 0 Å². The molecule has 2 heterocycles. The molecule has 2 rings (SSSR count). The average Bonchev–Trinajstić information content (AvgIpc) is 2.69. The molecule has 1 unspecified atom stereocenters. The first-order valence-corrected chi connectivity index (χ1v) is 6.73. The predicted octanol–water partition coefficient (Wildman–Crippen LogP) is 1.97. The van der Waals surface area contributed by atoms with E-state index in [-0.39, 0.29) is 36.6 Å². The number of nitrogens with one attached hydrogen (secondary N) is 2. The molecule has 20 heavy (non-hydrogen) atoms. The highest BCUT2D eigenvalue weighted by atomic mass is 35.5. The van der Waals surface area contributed by atoms with E-state index < -0.39 is 0 Å². The first kappa shape index (κ1) is 19.2. The molecule has 0 spiro atoms. The molecule has 0 aliphatic carbocycles. The topological polar surface area (TPSA) is 54.0 Å². The van der Waals surface area contributed by atoms with Crippen molar-refractivity contribution in [1.29, 1.82) is 0 Å². The number of pyridine rings is 1. The molecule has 4 nitrogen and oxygen atoms in total. The monoisotopic (exact) mass is 319 g/mol. The average molecular weight is 320 g/mol. The Balaban J connectivity index is 0.00000180. The van der Waals surface area contributed by atoms with Crippen molar-refractivity contribution in [2.45, 2.75) is 25.7 Å². The summed E-state index contributed by atoms with van der Waals surface area (Å²) in [7, 11) is 0. The number of hydrogen-bond donors (Lipinski definition) is 2. The lowest BCUT2D eigenvalue weighted by Gasteiger charge is -2.13. The number of halogens is 2. The van der Waals surface area contributed by atoms with Gasteiger partial charge in [0.2, 0.25) is 5.91 Å². The molecule has 1 aromatic heterocycles. The number of hydrogen-bond acceptors (Lipinski definition) is 3. The number of rotatable bonds is 4. The first-order chi connectivity index (χ1) is 8.86. The fraction of sp³-hybridized carbons (Fsp3) is 0.571. The van der Waals surface area contributed by atoms with Crippen molar-refractivity contribution in [2.24, 2.45) is 5.92 Å². The van der Waals surface area contributed by atoms with Crippen molar-refractivity contribution < 1.29 is 4.79 Å². The Kier molecular flexibility index (Phi) is 10.4. The van der Waals surface area contributed by atoms with Gasteiger partial charge in [0.1, 0.15) is 0 Å². The number of aromatic nitrogens is 1. The highest BCUT2D eigenvalue weighted by Crippen LogP contribution is 2.13. The number of carbonyl (C=O) groups is 1. The van der Waals surface area contributed by atoms with Crippen molar-refractivity contribution >= 4 is 30.7 Å². The molecule has 1 atom stereocenters. The zero-order chi connectivity index (χ0) is 12.6. The van der Waals surface area contributed by atoms with Gasteiger partial charge in [-0.1, -0.05) is 6.07 Å². The van der Waals surface area contributed by atoms with Crippen LogP contribution in [0.15, 0.2) is 24.5 Å². The molecule has 114 valence electrons. The zero-order valence-electron chi connectivity index (χ0n) is 11.5. The maximum atomic E-state index is 12.0. The van der Waals surface area contributed by atoms with Crippen LogP contribution < -0.4 is 10.6 Å². The van der Waals surface area contributed by atoms with E-state index in [1.54, 1.807) is 6.20 Å². The number of carbonyl (C=O) groups excluding carboxylic acids is 1. The van der Waals surface area contributed by atoms with E-state index in [1.807, 2.05) is 18.3 Å². The van der Waals surface area contributed by atoms with Crippen LogP contribution in [0.25, 0.3) is 0 Å². The zero-order valence-corrected chi connectivity index (χ0v) is 13.1. The van der Waals surface area contributed by atoms with Crippen LogP contribution in [0, 0.1) is 5.92 Å². The van der Waals surface area contributed by atoms with Crippen LogP contribution in [-0.2, 0) is 11.2 Å². The first-order valence-electron chi connectivity index (χ1n) is 6.73. The highest BCUT2D eigenvalue weighted by molar-refractivity contribution is 5.85. The second-order valence-corrected chi connectivity index (χ2v) is 4.78. The molecule has 1 aliphatic heterocycles. The van der Waals surface area contributed by atoms with Crippen molar-refractivity contribution in [3.8, 4) is 0 Å². The third kappa shape index (κ3) is 6.55. The molecule has 1 saturated heterocycles. The molecule has 0 aromatic carbocycles. The van der Waals surface area contributed by atoms with Gasteiger partial charge in [0.15, 0.2) is 0 Å². The van der Waals surface area contributed by atoms with Gasteiger partial charge in [-0.15, -0.1) is 24.8 Å². The van der Waals surface area contributed by atoms with E-state index in [2.05, 4.69) is 15.6 Å². The van der Waals surface area contributed by atoms with E-state index in [9.17, 15) is 4.79 Å². The summed E-state index contributed by atoms with van der Waals surface area (Å²) < 4.78 is 0. The summed E-state index contributed by atoms with van der Waals surface area (Å²) in [6, 6.07) is 3.96. The third-order valence-corrected chi connectivity index (χ3v) is 3.38. The Morgan fingerprint density at radius 1 is 1.35 bits per heavy atom. The van der Waals surface area contributed by atoms with E-state index in [0.29, 0.717) is 6.54 Å². The molecule has 1 aliphatic rings. The molecule has 1 amide bonds. The second kappa shape index (κ2) is 10.9. The van der Waals surface area contributed by atoms with Crippen molar-refractivity contribution in [2.75, 3.05) is 19.6 Å². The van der Waals surface area contributed by atoms with Gasteiger partial charge in [-0.25, -0.2) is 0 Å². The van der Waals surface area contributed by atoms with Gasteiger partial charge in [0.25, 0.3) is 0 Å². The van der Waals surface area contributed by atoms with Crippen molar-refractivity contribution in [1.82, 2.24) is 15.6 Å². The number of amides is 1. The minimum Gasteiger partial charge on any atom is -0.356 e. The van der Waals surface area contributed by atoms with E-state index in [4.69, 9.17) is 0 Å². The summed E-state index contributed by atoms with van der Waals surface area (Å²) in [5.41, 5.74) is 1.17. The Labute approximate surface area is 132 Å². The van der Waals surface area contributed by atoms with Crippen LogP contribution in [0.4, 0.5) is 0 Å². The maximum Gasteiger partial charge on any atom is 0.223 e. The Hall–Kier alpha value is -0.840. The minimum atomic E-state index is 0. The maximum absolute atomic E-state index is 12.0.